The summed E-state index contributed by atoms with van der Waals surface area (Å²) in [5.41, 5.74) is 1.11. The lowest BCUT2D eigenvalue weighted by Crippen LogP contribution is -2.56. The van der Waals surface area contributed by atoms with Crippen LogP contribution in [0.4, 0.5) is 9.18 Å². The number of hydrogen-bond donors (Lipinski definition) is 1. The summed E-state index contributed by atoms with van der Waals surface area (Å²) in [5.74, 6) is -0.204. The fourth-order valence-electron chi connectivity index (χ4n) is 3.83. The van der Waals surface area contributed by atoms with Crippen LogP contribution < -0.4 is 5.32 Å². The van der Waals surface area contributed by atoms with E-state index in [1.54, 1.807) is 7.11 Å². The number of hydrogen-bond acceptors (Lipinski definition) is 4. The topological polar surface area (TPSA) is 48.1 Å². The van der Waals surface area contributed by atoms with Crippen LogP contribution in [0.3, 0.4) is 0 Å². The lowest BCUT2D eigenvalue weighted by Gasteiger charge is -2.37. The largest absolute Gasteiger partial charge is 0.383 e. The van der Waals surface area contributed by atoms with E-state index in [0.29, 0.717) is 0 Å². The van der Waals surface area contributed by atoms with Crippen molar-refractivity contribution in [2.24, 2.45) is 0 Å². The van der Waals surface area contributed by atoms with E-state index in [4.69, 9.17) is 4.74 Å². The smallest absolute Gasteiger partial charge is 0.317 e. The molecule has 0 aliphatic carbocycles. The number of rotatable bonds is 6. The number of nitrogens with one attached hydrogen (secondary N) is 1. The maximum Gasteiger partial charge on any atom is 0.317 e. The standard InChI is InChI=1S/C20H31FN4O2/c1-27-14-13-23-9-11-25(12-10-23)20(26)22-19-3-2-8-24(16-19)15-17-4-6-18(21)7-5-17/h4-7,19H,2-3,8-16H2,1H3,(H,22,26). The van der Waals surface area contributed by atoms with Gasteiger partial charge in [-0.25, -0.2) is 9.18 Å². The number of nitrogens with zero attached hydrogens (tertiary/aromatic N) is 3. The van der Waals surface area contributed by atoms with Crippen molar-refractivity contribution in [3.8, 4) is 0 Å². The zero-order chi connectivity index (χ0) is 19.1. The van der Waals surface area contributed by atoms with Gasteiger partial charge in [-0.3, -0.25) is 9.80 Å². The maximum atomic E-state index is 13.1. The summed E-state index contributed by atoms with van der Waals surface area (Å²) in [4.78, 5) is 19.2. The normalized spacial score (nSPS) is 22.0. The second-order valence-corrected chi connectivity index (χ2v) is 7.47. The van der Waals surface area contributed by atoms with Crippen molar-refractivity contribution < 1.29 is 13.9 Å². The van der Waals surface area contributed by atoms with E-state index in [2.05, 4.69) is 15.1 Å². The second kappa shape index (κ2) is 10.0. The van der Waals surface area contributed by atoms with E-state index < -0.39 is 0 Å². The van der Waals surface area contributed by atoms with Crippen molar-refractivity contribution in [1.82, 2.24) is 20.0 Å². The first-order valence-corrected chi connectivity index (χ1v) is 9.87. The summed E-state index contributed by atoms with van der Waals surface area (Å²) in [7, 11) is 1.72. The highest BCUT2D eigenvalue weighted by Crippen LogP contribution is 2.15. The van der Waals surface area contributed by atoms with Crippen LogP contribution in [0.15, 0.2) is 24.3 Å². The first-order chi connectivity index (χ1) is 13.1. The molecule has 150 valence electrons. The molecule has 1 N–H and O–H groups in total. The molecule has 0 radical (unpaired) electrons. The highest BCUT2D eigenvalue weighted by atomic mass is 19.1. The minimum absolute atomic E-state index is 0.0509. The zero-order valence-corrected chi connectivity index (χ0v) is 16.2. The number of piperidine rings is 1. The molecular formula is C20H31FN4O2. The van der Waals surface area contributed by atoms with Gasteiger partial charge in [0.25, 0.3) is 0 Å². The SMILES string of the molecule is COCCN1CCN(C(=O)NC2CCCN(Cc3ccc(F)cc3)C2)CC1. The Morgan fingerprint density at radius 2 is 1.89 bits per heavy atom. The van der Waals surface area contributed by atoms with Gasteiger partial charge in [-0.2, -0.15) is 0 Å². The highest BCUT2D eigenvalue weighted by Gasteiger charge is 2.25. The number of halogens is 1. The van der Waals surface area contributed by atoms with E-state index in [0.717, 1.165) is 77.4 Å². The number of likely N-dealkylation sites (tertiary alicyclic amines) is 1. The first-order valence-electron chi connectivity index (χ1n) is 9.87. The quantitative estimate of drug-likeness (QED) is 0.820. The molecule has 27 heavy (non-hydrogen) atoms. The van der Waals surface area contributed by atoms with Crippen LogP contribution in [0.25, 0.3) is 0 Å². The van der Waals surface area contributed by atoms with Crippen molar-refractivity contribution >= 4 is 6.03 Å². The van der Waals surface area contributed by atoms with E-state index in [9.17, 15) is 9.18 Å². The molecule has 1 atom stereocenters. The molecular weight excluding hydrogens is 347 g/mol. The van der Waals surface area contributed by atoms with Gasteiger partial charge < -0.3 is 15.0 Å². The molecule has 2 aliphatic rings. The number of carbonyl (C=O) groups is 1. The Balaban J connectivity index is 1.42. The third-order valence-corrected chi connectivity index (χ3v) is 5.42. The Hall–Kier alpha value is -1.70. The molecule has 1 aromatic rings. The van der Waals surface area contributed by atoms with Crippen molar-refractivity contribution in [3.05, 3.63) is 35.6 Å². The summed E-state index contributed by atoms with van der Waals surface area (Å²) in [5, 5.41) is 3.21. The lowest BCUT2D eigenvalue weighted by molar-refractivity contribution is 0.102. The van der Waals surface area contributed by atoms with Crippen LogP contribution >= 0.6 is 0 Å². The fourth-order valence-corrected chi connectivity index (χ4v) is 3.83. The Morgan fingerprint density at radius 1 is 1.15 bits per heavy atom. The highest BCUT2D eigenvalue weighted by molar-refractivity contribution is 5.74. The monoisotopic (exact) mass is 378 g/mol. The zero-order valence-electron chi connectivity index (χ0n) is 16.2. The van der Waals surface area contributed by atoms with Crippen LogP contribution in [0, 0.1) is 5.82 Å². The van der Waals surface area contributed by atoms with Crippen molar-refractivity contribution in [2.75, 3.05) is 59.5 Å². The number of urea groups is 1. The van der Waals surface area contributed by atoms with Crippen LogP contribution in [0.5, 0.6) is 0 Å². The van der Waals surface area contributed by atoms with Crippen LogP contribution in [-0.2, 0) is 11.3 Å². The first kappa shape index (κ1) is 20.0. The van der Waals surface area contributed by atoms with Crippen LogP contribution in [0.1, 0.15) is 18.4 Å². The number of piperazine rings is 1. The van der Waals surface area contributed by atoms with E-state index in [1.807, 2.05) is 17.0 Å². The van der Waals surface area contributed by atoms with Crippen molar-refractivity contribution in [2.45, 2.75) is 25.4 Å². The third kappa shape index (κ3) is 6.16. The average Bonchev–Trinajstić information content (AvgIpc) is 2.69. The number of carbonyl (C=O) groups excluding carboxylic acids is 1. The Labute approximate surface area is 161 Å². The molecule has 0 saturated carbocycles. The predicted molar refractivity (Wildman–Crippen MR) is 103 cm³/mol. The van der Waals surface area contributed by atoms with Crippen LogP contribution in [0.2, 0.25) is 0 Å². The van der Waals surface area contributed by atoms with Gasteiger partial charge in [0.15, 0.2) is 0 Å². The predicted octanol–water partition coefficient (Wildman–Crippen LogP) is 1.76. The lowest BCUT2D eigenvalue weighted by atomic mass is 10.0. The van der Waals surface area contributed by atoms with Gasteiger partial charge in [0.2, 0.25) is 0 Å². The Kier molecular flexibility index (Phi) is 7.43. The second-order valence-electron chi connectivity index (χ2n) is 7.47. The molecule has 2 fully saturated rings. The summed E-state index contributed by atoms with van der Waals surface area (Å²) in [6, 6.07) is 6.91. The van der Waals surface area contributed by atoms with Gasteiger partial charge in [-0.05, 0) is 37.1 Å². The minimum Gasteiger partial charge on any atom is -0.383 e. The molecule has 0 aromatic heterocycles. The van der Waals surface area contributed by atoms with E-state index in [-0.39, 0.29) is 17.9 Å². The van der Waals surface area contributed by atoms with Gasteiger partial charge >= 0.3 is 6.03 Å². The number of methoxy groups -OCH3 is 1. The molecule has 7 heteroatoms. The summed E-state index contributed by atoms with van der Waals surface area (Å²) >= 11 is 0. The minimum atomic E-state index is -0.204. The molecule has 1 aromatic carbocycles. The molecule has 6 nitrogen and oxygen atoms in total. The molecule has 3 rings (SSSR count). The number of amides is 2. The van der Waals surface area contributed by atoms with Gasteiger partial charge in [-0.1, -0.05) is 12.1 Å². The molecule has 2 aliphatic heterocycles. The Morgan fingerprint density at radius 3 is 2.59 bits per heavy atom. The summed E-state index contributed by atoms with van der Waals surface area (Å²) < 4.78 is 18.2. The van der Waals surface area contributed by atoms with Crippen molar-refractivity contribution in [3.63, 3.8) is 0 Å². The Bertz CT molecular complexity index is 590. The van der Waals surface area contributed by atoms with Crippen LogP contribution in [-0.4, -0.2) is 86.3 Å². The van der Waals surface area contributed by atoms with E-state index >= 15 is 0 Å². The van der Waals surface area contributed by atoms with Gasteiger partial charge in [0.1, 0.15) is 5.82 Å². The molecule has 2 saturated heterocycles. The average molecular weight is 378 g/mol. The van der Waals surface area contributed by atoms with Gasteiger partial charge in [-0.15, -0.1) is 0 Å². The molecule has 2 amide bonds. The molecule has 0 spiro atoms. The van der Waals surface area contributed by atoms with Crippen molar-refractivity contribution in [1.29, 1.82) is 0 Å². The van der Waals surface area contributed by atoms with Gasteiger partial charge in [0.05, 0.1) is 6.61 Å². The maximum absolute atomic E-state index is 13.1. The summed E-state index contributed by atoms with van der Waals surface area (Å²) in [6.45, 7) is 7.65. The number of ether oxygens (including phenoxy) is 1. The molecule has 0 bridgehead atoms. The molecule has 1 unspecified atom stereocenters. The fraction of sp³-hybridized carbons (Fsp3) is 0.650. The summed E-state index contributed by atoms with van der Waals surface area (Å²) in [6.07, 6.45) is 2.08. The third-order valence-electron chi connectivity index (χ3n) is 5.42. The van der Waals surface area contributed by atoms with E-state index in [1.165, 1.54) is 12.1 Å². The number of benzene rings is 1. The van der Waals surface area contributed by atoms with Gasteiger partial charge in [0, 0.05) is 59.0 Å². The molecule has 2 heterocycles.